The molecule has 2 aromatic rings. The van der Waals surface area contributed by atoms with Gasteiger partial charge in [0.1, 0.15) is 0 Å². The van der Waals surface area contributed by atoms with Gasteiger partial charge in [-0.15, -0.1) is 0 Å². The van der Waals surface area contributed by atoms with Gasteiger partial charge < -0.3 is 5.11 Å². The van der Waals surface area contributed by atoms with E-state index in [1.54, 1.807) is 0 Å². The molecule has 0 atom stereocenters. The van der Waals surface area contributed by atoms with Crippen LogP contribution < -0.4 is 0 Å². The van der Waals surface area contributed by atoms with Gasteiger partial charge in [0, 0.05) is 5.56 Å². The molecule has 0 aromatic heterocycles. The smallest absolute Gasteiger partial charge is 0.200 e. The zero-order chi connectivity index (χ0) is 15.2. The maximum atomic E-state index is 13.4. The van der Waals surface area contributed by atoms with E-state index in [2.05, 4.69) is 0 Å². The van der Waals surface area contributed by atoms with Crippen molar-refractivity contribution in [1.29, 1.82) is 0 Å². The Balaban J connectivity index is 2.83. The molecule has 0 aliphatic rings. The number of hydrogen-bond acceptors (Lipinski definition) is 1. The largest absolute Gasteiger partial charge is 0.505 e. The Bertz CT molecular complexity index is 665. The highest BCUT2D eigenvalue weighted by molar-refractivity contribution is 6.56. The summed E-state index contributed by atoms with van der Waals surface area (Å²) in [7, 11) is 0. The van der Waals surface area contributed by atoms with Gasteiger partial charge in [-0.3, -0.25) is 0 Å². The minimum atomic E-state index is -1.38. The molecular formula is C12H3Cl5F2O. The summed E-state index contributed by atoms with van der Waals surface area (Å²) >= 11 is 29.6. The SMILES string of the molecule is Oc1cc(-c2c(Cl)c(Cl)c(Cl)c(Cl)c2Cl)cc(F)c1F. The third-order valence-electron chi connectivity index (χ3n) is 2.51. The summed E-state index contributed by atoms with van der Waals surface area (Å²) in [5, 5.41) is 8.93. The van der Waals surface area contributed by atoms with Crippen LogP contribution in [0, 0.1) is 11.6 Å². The van der Waals surface area contributed by atoms with Crippen molar-refractivity contribution < 1.29 is 13.9 Å². The Morgan fingerprint density at radius 1 is 0.750 bits per heavy atom. The molecule has 0 spiro atoms. The highest BCUT2D eigenvalue weighted by Crippen LogP contribution is 2.48. The molecule has 2 aromatic carbocycles. The van der Waals surface area contributed by atoms with Crippen LogP contribution in [0.25, 0.3) is 11.1 Å². The van der Waals surface area contributed by atoms with Gasteiger partial charge in [-0.2, -0.15) is 4.39 Å². The lowest BCUT2D eigenvalue weighted by molar-refractivity contribution is 0.407. The van der Waals surface area contributed by atoms with Gasteiger partial charge in [-0.1, -0.05) is 58.0 Å². The van der Waals surface area contributed by atoms with Crippen molar-refractivity contribution >= 4 is 58.0 Å². The second kappa shape index (κ2) is 5.74. The van der Waals surface area contributed by atoms with Crippen molar-refractivity contribution in [2.75, 3.05) is 0 Å². The summed E-state index contributed by atoms with van der Waals surface area (Å²) in [5.74, 6) is -3.55. The Morgan fingerprint density at radius 2 is 1.20 bits per heavy atom. The van der Waals surface area contributed by atoms with Crippen LogP contribution in [0.1, 0.15) is 0 Å². The van der Waals surface area contributed by atoms with Crippen LogP contribution in [0.4, 0.5) is 8.78 Å². The van der Waals surface area contributed by atoms with Crippen molar-refractivity contribution in [3.05, 3.63) is 48.9 Å². The van der Waals surface area contributed by atoms with Gasteiger partial charge in [0.15, 0.2) is 17.4 Å². The molecule has 0 fully saturated rings. The number of phenolic OH excluding ortho intramolecular Hbond substituents is 1. The van der Waals surface area contributed by atoms with E-state index in [4.69, 9.17) is 58.0 Å². The molecule has 1 N–H and O–H groups in total. The van der Waals surface area contributed by atoms with Crippen molar-refractivity contribution in [3.63, 3.8) is 0 Å². The average Bonchev–Trinajstić information content (AvgIpc) is 2.40. The van der Waals surface area contributed by atoms with Gasteiger partial charge in [-0.25, -0.2) is 4.39 Å². The maximum Gasteiger partial charge on any atom is 0.200 e. The van der Waals surface area contributed by atoms with Gasteiger partial charge in [0.25, 0.3) is 0 Å². The molecule has 0 saturated carbocycles. The van der Waals surface area contributed by atoms with Crippen molar-refractivity contribution in [2.45, 2.75) is 0 Å². The number of rotatable bonds is 1. The first-order valence-corrected chi connectivity index (χ1v) is 6.84. The lowest BCUT2D eigenvalue weighted by atomic mass is 10.0. The average molecular weight is 378 g/mol. The van der Waals surface area contributed by atoms with Gasteiger partial charge in [-0.05, 0) is 17.7 Å². The van der Waals surface area contributed by atoms with E-state index in [0.717, 1.165) is 12.1 Å². The monoisotopic (exact) mass is 376 g/mol. The van der Waals surface area contributed by atoms with E-state index in [0.29, 0.717) is 0 Å². The Hall–Kier alpha value is -0.450. The first kappa shape index (κ1) is 15.9. The van der Waals surface area contributed by atoms with Gasteiger partial charge in [0.2, 0.25) is 0 Å². The number of aromatic hydroxyl groups is 1. The minimum Gasteiger partial charge on any atom is -0.505 e. The fourth-order valence-electron chi connectivity index (χ4n) is 1.58. The molecular weight excluding hydrogens is 375 g/mol. The lowest BCUT2D eigenvalue weighted by Crippen LogP contribution is -1.91. The van der Waals surface area contributed by atoms with E-state index in [-0.39, 0.29) is 36.2 Å². The van der Waals surface area contributed by atoms with Crippen LogP contribution in [0.2, 0.25) is 25.1 Å². The van der Waals surface area contributed by atoms with E-state index in [1.165, 1.54) is 0 Å². The van der Waals surface area contributed by atoms with E-state index >= 15 is 0 Å². The highest BCUT2D eigenvalue weighted by Gasteiger charge is 2.22. The summed E-state index contributed by atoms with van der Waals surface area (Å²) < 4.78 is 26.4. The standard InChI is InChI=1S/C12H3Cl5F2O/c13-7-6(8(14)10(16)11(17)9(7)15)3-1-4(18)12(19)5(20)2-3/h1-2,20H. The lowest BCUT2D eigenvalue weighted by Gasteiger charge is -2.13. The molecule has 0 bridgehead atoms. The summed E-state index contributed by atoms with van der Waals surface area (Å²) in [6.07, 6.45) is 0. The Kier molecular flexibility index (Phi) is 4.57. The quantitative estimate of drug-likeness (QED) is 0.438. The Labute approximate surface area is 137 Å². The second-order valence-corrected chi connectivity index (χ2v) is 5.63. The van der Waals surface area contributed by atoms with Crippen molar-refractivity contribution in [1.82, 2.24) is 0 Å². The van der Waals surface area contributed by atoms with E-state index in [1.807, 2.05) is 0 Å². The number of benzene rings is 2. The normalized spacial score (nSPS) is 10.9. The molecule has 0 saturated heterocycles. The number of hydrogen-bond donors (Lipinski definition) is 1. The van der Waals surface area contributed by atoms with Crippen LogP contribution in [0.5, 0.6) is 5.75 Å². The summed E-state index contributed by atoms with van der Waals surface area (Å²) in [5.41, 5.74) is 0.0544. The van der Waals surface area contributed by atoms with Crippen LogP contribution in [0.15, 0.2) is 12.1 Å². The molecule has 0 aliphatic carbocycles. The summed E-state index contributed by atoms with van der Waals surface area (Å²) in [4.78, 5) is 0. The topological polar surface area (TPSA) is 20.2 Å². The predicted octanol–water partition coefficient (Wildman–Crippen LogP) is 6.60. The first-order valence-electron chi connectivity index (χ1n) is 4.95. The number of phenols is 1. The molecule has 0 amide bonds. The summed E-state index contributed by atoms with van der Waals surface area (Å²) in [6, 6.07) is 1.76. The van der Waals surface area contributed by atoms with Crippen LogP contribution >= 0.6 is 58.0 Å². The molecule has 8 heteroatoms. The van der Waals surface area contributed by atoms with Crippen LogP contribution in [-0.4, -0.2) is 5.11 Å². The third kappa shape index (κ3) is 2.53. The minimum absolute atomic E-state index is 0.0110. The fourth-order valence-corrected chi connectivity index (χ4v) is 2.93. The number of halogens is 7. The predicted molar refractivity (Wildman–Crippen MR) is 78.5 cm³/mol. The Morgan fingerprint density at radius 3 is 1.65 bits per heavy atom. The molecule has 106 valence electrons. The van der Waals surface area contributed by atoms with Crippen molar-refractivity contribution in [2.24, 2.45) is 0 Å². The summed E-state index contributed by atoms with van der Waals surface area (Å²) in [6.45, 7) is 0. The zero-order valence-electron chi connectivity index (χ0n) is 9.25. The molecule has 0 heterocycles. The molecule has 1 nitrogen and oxygen atoms in total. The van der Waals surface area contributed by atoms with Crippen LogP contribution in [-0.2, 0) is 0 Å². The third-order valence-corrected chi connectivity index (χ3v) is 4.78. The van der Waals surface area contributed by atoms with Gasteiger partial charge in [0.05, 0.1) is 25.1 Å². The first-order chi connectivity index (χ1) is 9.25. The fraction of sp³-hybridized carbons (Fsp3) is 0. The second-order valence-electron chi connectivity index (χ2n) is 3.74. The maximum absolute atomic E-state index is 13.4. The van der Waals surface area contributed by atoms with Gasteiger partial charge >= 0.3 is 0 Å². The van der Waals surface area contributed by atoms with Crippen molar-refractivity contribution in [3.8, 4) is 16.9 Å². The zero-order valence-corrected chi connectivity index (χ0v) is 13.0. The molecule has 2 rings (SSSR count). The van der Waals surface area contributed by atoms with E-state index in [9.17, 15) is 13.9 Å². The van der Waals surface area contributed by atoms with E-state index < -0.39 is 17.4 Å². The molecule has 0 radical (unpaired) electrons. The highest BCUT2D eigenvalue weighted by atomic mass is 35.5. The molecule has 20 heavy (non-hydrogen) atoms. The molecule has 0 aliphatic heterocycles. The molecule has 0 unspecified atom stereocenters. The van der Waals surface area contributed by atoms with Crippen LogP contribution in [0.3, 0.4) is 0 Å².